The first-order valence-electron chi connectivity index (χ1n) is 5.16. The maximum absolute atomic E-state index is 11.5. The van der Waals surface area contributed by atoms with Gasteiger partial charge in [-0.3, -0.25) is 9.89 Å². The number of nitrogen functional groups attached to an aromatic ring is 1. The lowest BCUT2D eigenvalue weighted by atomic mass is 10.2. The Morgan fingerprint density at radius 2 is 2.12 bits per heavy atom. The molecule has 0 saturated heterocycles. The van der Waals surface area contributed by atoms with E-state index in [2.05, 4.69) is 5.10 Å². The van der Waals surface area contributed by atoms with Crippen LogP contribution in [0.3, 0.4) is 0 Å². The summed E-state index contributed by atoms with van der Waals surface area (Å²) >= 11 is 0. The Bertz CT molecular complexity index is 615. The quantitative estimate of drug-likeness (QED) is 0.792. The van der Waals surface area contributed by atoms with Gasteiger partial charge in [0.05, 0.1) is 6.54 Å². The molecule has 0 fully saturated rings. The van der Waals surface area contributed by atoms with Gasteiger partial charge in [-0.15, -0.1) is 0 Å². The van der Waals surface area contributed by atoms with Gasteiger partial charge in [-0.2, -0.15) is 0 Å². The van der Waals surface area contributed by atoms with Gasteiger partial charge < -0.3 is 15.2 Å². The van der Waals surface area contributed by atoms with Crippen LogP contribution in [0.2, 0.25) is 0 Å². The summed E-state index contributed by atoms with van der Waals surface area (Å²) in [7, 11) is 0. The molecule has 17 heavy (non-hydrogen) atoms. The molecule has 88 valence electrons. The Hall–Kier alpha value is -2.37. The van der Waals surface area contributed by atoms with Crippen molar-refractivity contribution >= 4 is 5.82 Å². The molecule has 1 aliphatic rings. The minimum atomic E-state index is -0.153. The average Bonchev–Trinajstić information content (AvgIpc) is 2.85. The fourth-order valence-corrected chi connectivity index (χ4v) is 1.79. The third kappa shape index (κ3) is 1.73. The first-order chi connectivity index (χ1) is 8.22. The van der Waals surface area contributed by atoms with Crippen molar-refractivity contribution in [2.45, 2.75) is 6.54 Å². The molecular weight excluding hydrogens is 222 g/mol. The van der Waals surface area contributed by atoms with Gasteiger partial charge in [-0.25, -0.2) is 4.68 Å². The van der Waals surface area contributed by atoms with E-state index in [1.807, 2.05) is 18.2 Å². The fourth-order valence-electron chi connectivity index (χ4n) is 1.79. The molecule has 0 spiro atoms. The molecule has 3 N–H and O–H groups in total. The second-order valence-electron chi connectivity index (χ2n) is 3.82. The standard InChI is InChI=1S/C11H11N3O3/c12-10-4-11(15)14(13-10)5-7-1-2-8-9(3-7)17-6-16-8/h1-4,13H,5-6,12H2. The summed E-state index contributed by atoms with van der Waals surface area (Å²) in [5.74, 6) is 1.79. The van der Waals surface area contributed by atoms with E-state index in [4.69, 9.17) is 15.2 Å². The second kappa shape index (κ2) is 3.58. The number of anilines is 1. The number of aromatic nitrogens is 2. The lowest BCUT2D eigenvalue weighted by Crippen LogP contribution is -2.16. The molecule has 1 aliphatic heterocycles. The lowest BCUT2D eigenvalue weighted by molar-refractivity contribution is 0.174. The van der Waals surface area contributed by atoms with Gasteiger partial charge in [0.15, 0.2) is 11.5 Å². The topological polar surface area (TPSA) is 82.3 Å². The molecule has 1 aromatic carbocycles. The van der Waals surface area contributed by atoms with Crippen molar-refractivity contribution in [3.63, 3.8) is 0 Å². The number of hydrogen-bond acceptors (Lipinski definition) is 4. The Balaban J connectivity index is 1.91. The summed E-state index contributed by atoms with van der Waals surface area (Å²) in [6.07, 6.45) is 0. The van der Waals surface area contributed by atoms with Crippen LogP contribution in [0.15, 0.2) is 29.1 Å². The van der Waals surface area contributed by atoms with Crippen LogP contribution in [0.1, 0.15) is 5.56 Å². The molecule has 0 atom stereocenters. The summed E-state index contributed by atoms with van der Waals surface area (Å²) in [6.45, 7) is 0.668. The molecule has 1 aromatic heterocycles. The zero-order valence-electron chi connectivity index (χ0n) is 8.97. The maximum atomic E-state index is 11.5. The number of aromatic amines is 1. The molecule has 0 aliphatic carbocycles. The van der Waals surface area contributed by atoms with Gasteiger partial charge in [0.1, 0.15) is 5.82 Å². The van der Waals surface area contributed by atoms with Crippen molar-refractivity contribution in [3.8, 4) is 11.5 Å². The number of ether oxygens (including phenoxy) is 2. The van der Waals surface area contributed by atoms with E-state index in [0.717, 1.165) is 11.3 Å². The largest absolute Gasteiger partial charge is 0.454 e. The first kappa shape index (κ1) is 9.83. The zero-order chi connectivity index (χ0) is 11.8. The molecule has 0 radical (unpaired) electrons. The molecule has 6 heteroatoms. The van der Waals surface area contributed by atoms with E-state index in [0.29, 0.717) is 18.1 Å². The van der Waals surface area contributed by atoms with Crippen molar-refractivity contribution in [2.24, 2.45) is 0 Å². The summed E-state index contributed by atoms with van der Waals surface area (Å²) in [5.41, 5.74) is 6.29. The molecule has 2 aromatic rings. The van der Waals surface area contributed by atoms with Crippen LogP contribution in [0.5, 0.6) is 11.5 Å². The molecular formula is C11H11N3O3. The number of H-pyrrole nitrogens is 1. The van der Waals surface area contributed by atoms with Crippen molar-refractivity contribution in [2.75, 3.05) is 12.5 Å². The van der Waals surface area contributed by atoms with Gasteiger partial charge >= 0.3 is 0 Å². The minimum Gasteiger partial charge on any atom is -0.454 e. The molecule has 2 heterocycles. The maximum Gasteiger partial charge on any atom is 0.268 e. The van der Waals surface area contributed by atoms with Crippen LogP contribution in [0.4, 0.5) is 5.82 Å². The smallest absolute Gasteiger partial charge is 0.268 e. The van der Waals surface area contributed by atoms with Gasteiger partial charge in [0.25, 0.3) is 5.56 Å². The fraction of sp³-hybridized carbons (Fsp3) is 0.182. The molecule has 0 saturated carbocycles. The normalized spacial score (nSPS) is 12.9. The van der Waals surface area contributed by atoms with E-state index in [9.17, 15) is 4.79 Å². The summed E-state index contributed by atoms with van der Waals surface area (Å²) in [4.78, 5) is 11.5. The molecule has 0 unspecified atom stereocenters. The van der Waals surface area contributed by atoms with Crippen LogP contribution >= 0.6 is 0 Å². The predicted octanol–water partition coefficient (Wildman–Crippen LogP) is 0.536. The summed E-state index contributed by atoms with van der Waals surface area (Å²) < 4.78 is 11.9. The van der Waals surface area contributed by atoms with Crippen LogP contribution in [-0.2, 0) is 6.54 Å². The Labute approximate surface area is 96.5 Å². The predicted molar refractivity (Wildman–Crippen MR) is 61.1 cm³/mol. The molecule has 0 bridgehead atoms. The summed E-state index contributed by atoms with van der Waals surface area (Å²) in [6, 6.07) is 6.92. The van der Waals surface area contributed by atoms with E-state index >= 15 is 0 Å². The van der Waals surface area contributed by atoms with Crippen molar-refractivity contribution in [1.29, 1.82) is 0 Å². The number of rotatable bonds is 2. The van der Waals surface area contributed by atoms with Crippen LogP contribution in [-0.4, -0.2) is 16.6 Å². The van der Waals surface area contributed by atoms with Crippen LogP contribution in [0.25, 0.3) is 0 Å². The number of fused-ring (bicyclic) bond motifs is 1. The lowest BCUT2D eigenvalue weighted by Gasteiger charge is -2.03. The van der Waals surface area contributed by atoms with E-state index < -0.39 is 0 Å². The minimum absolute atomic E-state index is 0.153. The second-order valence-corrected chi connectivity index (χ2v) is 3.82. The van der Waals surface area contributed by atoms with Crippen molar-refractivity contribution in [1.82, 2.24) is 9.78 Å². The van der Waals surface area contributed by atoms with E-state index in [1.54, 1.807) is 0 Å². The van der Waals surface area contributed by atoms with Crippen LogP contribution < -0.4 is 20.8 Å². The Morgan fingerprint density at radius 3 is 2.88 bits per heavy atom. The Kier molecular flexibility index (Phi) is 2.07. The van der Waals surface area contributed by atoms with Gasteiger partial charge in [-0.05, 0) is 17.7 Å². The Morgan fingerprint density at radius 1 is 1.29 bits per heavy atom. The van der Waals surface area contributed by atoms with Gasteiger partial charge in [-0.1, -0.05) is 6.07 Å². The molecule has 3 rings (SSSR count). The van der Waals surface area contributed by atoms with Gasteiger partial charge in [0.2, 0.25) is 6.79 Å². The third-order valence-corrected chi connectivity index (χ3v) is 2.59. The highest BCUT2D eigenvalue weighted by atomic mass is 16.7. The highest BCUT2D eigenvalue weighted by molar-refractivity contribution is 5.44. The number of hydrogen-bond donors (Lipinski definition) is 2. The number of nitrogens with two attached hydrogens (primary N) is 1. The SMILES string of the molecule is Nc1cc(=O)n(Cc2ccc3c(c2)OCO3)[nH]1. The highest BCUT2D eigenvalue weighted by Crippen LogP contribution is 2.32. The highest BCUT2D eigenvalue weighted by Gasteiger charge is 2.13. The third-order valence-electron chi connectivity index (χ3n) is 2.59. The first-order valence-corrected chi connectivity index (χ1v) is 5.16. The van der Waals surface area contributed by atoms with E-state index in [-0.39, 0.29) is 12.4 Å². The zero-order valence-corrected chi connectivity index (χ0v) is 8.97. The van der Waals surface area contributed by atoms with Crippen LogP contribution in [0, 0.1) is 0 Å². The number of benzene rings is 1. The number of nitrogens with one attached hydrogen (secondary N) is 1. The van der Waals surface area contributed by atoms with E-state index in [1.165, 1.54) is 10.7 Å². The summed E-state index contributed by atoms with van der Waals surface area (Å²) in [5, 5.41) is 2.77. The average molecular weight is 233 g/mol. The number of nitrogens with zero attached hydrogens (tertiary/aromatic N) is 1. The molecule has 6 nitrogen and oxygen atoms in total. The molecule has 0 amide bonds. The van der Waals surface area contributed by atoms with Crippen molar-refractivity contribution < 1.29 is 9.47 Å². The monoisotopic (exact) mass is 233 g/mol. The van der Waals surface area contributed by atoms with Gasteiger partial charge in [0, 0.05) is 6.07 Å². The van der Waals surface area contributed by atoms with Crippen molar-refractivity contribution in [3.05, 3.63) is 40.2 Å².